The molecule has 1 rings (SSSR count). The van der Waals surface area contributed by atoms with Crippen LogP contribution in [-0.2, 0) is 0 Å². The second kappa shape index (κ2) is 18.1. The Hall–Kier alpha value is 1.08. The fraction of sp³-hybridized carbons (Fsp3) is 1.00. The summed E-state index contributed by atoms with van der Waals surface area (Å²) >= 11 is 10.9. The first-order valence-corrected chi connectivity index (χ1v) is 7.26. The van der Waals surface area contributed by atoms with Crippen molar-refractivity contribution in [3.05, 3.63) is 0 Å². The summed E-state index contributed by atoms with van der Waals surface area (Å²) in [5.41, 5.74) is 0. The molecule has 18 heavy (non-hydrogen) atoms. The molecule has 0 bridgehead atoms. The molecule has 0 spiro atoms. The summed E-state index contributed by atoms with van der Waals surface area (Å²) < 4.78 is 0. The highest BCUT2D eigenvalue weighted by Crippen LogP contribution is 2.08. The number of likely N-dealkylation sites (tertiary alicyclic amines) is 1. The van der Waals surface area contributed by atoms with Gasteiger partial charge in [-0.2, -0.15) is 0 Å². The molecule has 0 radical (unpaired) electrons. The number of alkyl halides is 2. The van der Waals surface area contributed by atoms with Gasteiger partial charge in [0.25, 0.3) is 0 Å². The average molecular weight is 342 g/mol. The summed E-state index contributed by atoms with van der Waals surface area (Å²) in [6.45, 7) is 4.79. The predicted octanol–water partition coefficient (Wildman–Crippen LogP) is 3.73. The van der Waals surface area contributed by atoms with Crippen LogP contribution in [0.2, 0.25) is 0 Å². The summed E-state index contributed by atoms with van der Waals surface area (Å²) in [6, 6.07) is 0. The molecule has 1 aliphatic heterocycles. The SMILES string of the molecule is CN(C)CCCl.Cl.Cl.ClCCCN1CCCCC1. The molecule has 114 valence electrons. The smallest absolute Gasteiger partial charge is 0.0350 e. The lowest BCUT2D eigenvalue weighted by Gasteiger charge is -2.25. The molecule has 0 aromatic heterocycles. The fourth-order valence-electron chi connectivity index (χ4n) is 1.64. The lowest BCUT2D eigenvalue weighted by molar-refractivity contribution is 0.230. The van der Waals surface area contributed by atoms with E-state index in [-0.39, 0.29) is 24.8 Å². The van der Waals surface area contributed by atoms with Crippen LogP contribution in [0.5, 0.6) is 0 Å². The molecule has 0 amide bonds. The molecule has 0 atom stereocenters. The van der Waals surface area contributed by atoms with Crippen molar-refractivity contribution in [2.45, 2.75) is 25.7 Å². The number of nitrogens with zero attached hydrogens (tertiary/aromatic N) is 2. The Morgan fingerprint density at radius 3 is 1.83 bits per heavy atom. The van der Waals surface area contributed by atoms with Crippen molar-refractivity contribution in [3.8, 4) is 0 Å². The summed E-state index contributed by atoms with van der Waals surface area (Å²) in [6.07, 6.45) is 5.36. The average Bonchev–Trinajstić information content (AvgIpc) is 2.28. The zero-order valence-electron chi connectivity index (χ0n) is 11.5. The van der Waals surface area contributed by atoms with Crippen LogP contribution in [-0.4, -0.2) is 61.8 Å². The topological polar surface area (TPSA) is 6.48 Å². The number of halogens is 4. The van der Waals surface area contributed by atoms with Gasteiger partial charge in [-0.25, -0.2) is 0 Å². The van der Waals surface area contributed by atoms with Crippen molar-refractivity contribution in [2.75, 3.05) is 52.0 Å². The van der Waals surface area contributed by atoms with Crippen LogP contribution < -0.4 is 0 Å². The van der Waals surface area contributed by atoms with Crippen LogP contribution in [0, 0.1) is 0 Å². The lowest BCUT2D eigenvalue weighted by Crippen LogP contribution is -2.30. The molecule has 0 saturated carbocycles. The van der Waals surface area contributed by atoms with Gasteiger partial charge in [-0.05, 0) is 53.0 Å². The van der Waals surface area contributed by atoms with Gasteiger partial charge in [-0.1, -0.05) is 6.42 Å². The van der Waals surface area contributed by atoms with E-state index in [0.717, 1.165) is 24.7 Å². The quantitative estimate of drug-likeness (QED) is 0.703. The molecule has 0 aliphatic carbocycles. The number of hydrogen-bond acceptors (Lipinski definition) is 2. The van der Waals surface area contributed by atoms with Gasteiger partial charge in [0, 0.05) is 18.3 Å². The van der Waals surface area contributed by atoms with Gasteiger partial charge in [0.1, 0.15) is 0 Å². The largest absolute Gasteiger partial charge is 0.308 e. The Morgan fingerprint density at radius 1 is 0.944 bits per heavy atom. The Kier molecular flexibility index (Phi) is 24.2. The normalized spacial score (nSPS) is 15.2. The van der Waals surface area contributed by atoms with E-state index in [2.05, 4.69) is 4.90 Å². The van der Waals surface area contributed by atoms with Gasteiger partial charge in [0.2, 0.25) is 0 Å². The molecule has 0 aromatic rings. The van der Waals surface area contributed by atoms with Gasteiger partial charge in [0.05, 0.1) is 0 Å². The van der Waals surface area contributed by atoms with Gasteiger partial charge in [-0.3, -0.25) is 0 Å². The molecule has 0 N–H and O–H groups in total. The van der Waals surface area contributed by atoms with Gasteiger partial charge in [-0.15, -0.1) is 48.0 Å². The van der Waals surface area contributed by atoms with Gasteiger partial charge >= 0.3 is 0 Å². The van der Waals surface area contributed by atoms with Crippen molar-refractivity contribution in [1.82, 2.24) is 9.80 Å². The maximum absolute atomic E-state index is 5.59. The van der Waals surface area contributed by atoms with E-state index in [0.29, 0.717) is 0 Å². The molecule has 6 heteroatoms. The predicted molar refractivity (Wildman–Crippen MR) is 89.4 cm³/mol. The molecule has 1 heterocycles. The molecule has 0 unspecified atom stereocenters. The summed E-state index contributed by atoms with van der Waals surface area (Å²) in [7, 11) is 4.00. The van der Waals surface area contributed by atoms with Gasteiger partial charge < -0.3 is 9.80 Å². The third kappa shape index (κ3) is 17.1. The number of hydrogen-bond donors (Lipinski definition) is 0. The lowest BCUT2D eigenvalue weighted by atomic mass is 10.1. The standard InChI is InChI=1S/C8H16ClN.C4H10ClN.2ClH/c9-5-4-8-10-6-2-1-3-7-10;1-6(2)4-3-5;;/h1-8H2;3-4H2,1-2H3;2*1H. The van der Waals surface area contributed by atoms with Crippen LogP contribution in [0.3, 0.4) is 0 Å². The van der Waals surface area contributed by atoms with Crippen molar-refractivity contribution in [2.24, 2.45) is 0 Å². The Balaban J connectivity index is -0.000000250. The summed E-state index contributed by atoms with van der Waals surface area (Å²) in [5, 5.41) is 0. The Labute approximate surface area is 135 Å². The first-order valence-electron chi connectivity index (χ1n) is 6.19. The van der Waals surface area contributed by atoms with E-state index in [1.165, 1.54) is 38.9 Å². The number of rotatable bonds is 5. The molecule has 1 saturated heterocycles. The second-order valence-electron chi connectivity index (χ2n) is 4.44. The van der Waals surface area contributed by atoms with E-state index in [1.54, 1.807) is 0 Å². The van der Waals surface area contributed by atoms with E-state index < -0.39 is 0 Å². The maximum Gasteiger partial charge on any atom is 0.0350 e. The van der Waals surface area contributed by atoms with Crippen molar-refractivity contribution in [1.29, 1.82) is 0 Å². The van der Waals surface area contributed by atoms with Crippen LogP contribution >= 0.6 is 48.0 Å². The van der Waals surface area contributed by atoms with Crippen LogP contribution in [0.25, 0.3) is 0 Å². The molecule has 2 nitrogen and oxygen atoms in total. The second-order valence-corrected chi connectivity index (χ2v) is 5.19. The molecule has 0 aromatic carbocycles. The zero-order valence-corrected chi connectivity index (χ0v) is 14.7. The van der Waals surface area contributed by atoms with Gasteiger partial charge in [0.15, 0.2) is 0 Å². The van der Waals surface area contributed by atoms with Crippen molar-refractivity contribution >= 4 is 48.0 Å². The highest BCUT2D eigenvalue weighted by molar-refractivity contribution is 6.18. The molecular formula is C12H28Cl4N2. The first kappa shape index (κ1) is 24.1. The van der Waals surface area contributed by atoms with Crippen LogP contribution in [0.1, 0.15) is 25.7 Å². The summed E-state index contributed by atoms with van der Waals surface area (Å²) in [4.78, 5) is 4.57. The van der Waals surface area contributed by atoms with Crippen LogP contribution in [0.15, 0.2) is 0 Å². The fourth-order valence-corrected chi connectivity index (χ4v) is 2.09. The minimum atomic E-state index is 0. The highest BCUT2D eigenvalue weighted by atomic mass is 35.5. The first-order chi connectivity index (χ1) is 7.70. The van der Waals surface area contributed by atoms with E-state index in [4.69, 9.17) is 23.2 Å². The monoisotopic (exact) mass is 340 g/mol. The Morgan fingerprint density at radius 2 is 1.50 bits per heavy atom. The van der Waals surface area contributed by atoms with Crippen LogP contribution in [0.4, 0.5) is 0 Å². The summed E-state index contributed by atoms with van der Waals surface area (Å²) in [5.74, 6) is 1.55. The molecular weight excluding hydrogens is 314 g/mol. The third-order valence-corrected chi connectivity index (χ3v) is 3.02. The third-order valence-electron chi connectivity index (χ3n) is 2.59. The zero-order chi connectivity index (χ0) is 12.2. The van der Waals surface area contributed by atoms with E-state index >= 15 is 0 Å². The van der Waals surface area contributed by atoms with E-state index in [9.17, 15) is 0 Å². The van der Waals surface area contributed by atoms with Crippen molar-refractivity contribution in [3.63, 3.8) is 0 Å². The molecule has 1 fully saturated rings. The minimum absolute atomic E-state index is 0. The maximum atomic E-state index is 5.59. The minimum Gasteiger partial charge on any atom is -0.308 e. The molecule has 1 aliphatic rings. The number of piperidine rings is 1. The van der Waals surface area contributed by atoms with E-state index in [1.807, 2.05) is 19.0 Å². The van der Waals surface area contributed by atoms with Crippen molar-refractivity contribution < 1.29 is 0 Å². The Bertz CT molecular complexity index is 142. The highest BCUT2D eigenvalue weighted by Gasteiger charge is 2.07.